The Kier molecular flexibility index (Phi) is 10.7. The second-order valence-corrected chi connectivity index (χ2v) is 7.17. The summed E-state index contributed by atoms with van der Waals surface area (Å²) < 4.78 is 16.2. The molecule has 0 bridgehead atoms. The van der Waals surface area contributed by atoms with E-state index in [0.29, 0.717) is 32.3 Å². The summed E-state index contributed by atoms with van der Waals surface area (Å²) in [5.41, 5.74) is 2.97. The van der Waals surface area contributed by atoms with Crippen molar-refractivity contribution in [2.24, 2.45) is 4.99 Å². The van der Waals surface area contributed by atoms with Gasteiger partial charge in [-0.15, -0.1) is 0 Å². The number of guanidine groups is 1. The van der Waals surface area contributed by atoms with Gasteiger partial charge in [0.1, 0.15) is 11.5 Å². The summed E-state index contributed by atoms with van der Waals surface area (Å²) in [7, 11) is 3.31. The maximum atomic E-state index is 10.5. The van der Waals surface area contributed by atoms with Crippen LogP contribution in [-0.4, -0.2) is 51.6 Å². The Balaban J connectivity index is 1.99. The highest BCUT2D eigenvalue weighted by atomic mass is 16.5. The molecule has 0 aliphatic carbocycles. The minimum absolute atomic E-state index is 0.340. The quantitative estimate of drug-likeness (QED) is 0.273. The van der Waals surface area contributed by atoms with Gasteiger partial charge in [0.15, 0.2) is 5.96 Å². The number of hydrogen-bond acceptors (Lipinski definition) is 5. The Morgan fingerprint density at radius 3 is 2.52 bits per heavy atom. The highest BCUT2D eigenvalue weighted by Gasteiger charge is 2.10. The lowest BCUT2D eigenvalue weighted by atomic mass is 10.1. The summed E-state index contributed by atoms with van der Waals surface area (Å²) >= 11 is 0. The van der Waals surface area contributed by atoms with Gasteiger partial charge < -0.3 is 30.0 Å². The minimum Gasteiger partial charge on any atom is -0.497 e. The molecule has 7 heteroatoms. The van der Waals surface area contributed by atoms with Crippen molar-refractivity contribution in [3.63, 3.8) is 0 Å². The summed E-state index contributed by atoms with van der Waals surface area (Å²) in [6.07, 6.45) is 0.175. The van der Waals surface area contributed by atoms with Crippen molar-refractivity contribution in [1.29, 1.82) is 0 Å². The maximum Gasteiger partial charge on any atom is 0.191 e. The van der Waals surface area contributed by atoms with Gasteiger partial charge in [0.2, 0.25) is 0 Å². The van der Waals surface area contributed by atoms with Gasteiger partial charge in [-0.05, 0) is 43.2 Å². The largest absolute Gasteiger partial charge is 0.497 e. The van der Waals surface area contributed by atoms with Crippen LogP contribution in [0, 0.1) is 6.92 Å². The zero-order valence-electron chi connectivity index (χ0n) is 19.0. The highest BCUT2D eigenvalue weighted by molar-refractivity contribution is 5.79. The molecular weight excluding hydrogens is 394 g/mol. The fraction of sp³-hybridized carbons (Fsp3) is 0.458. The molecule has 0 aromatic heterocycles. The third-order valence-corrected chi connectivity index (χ3v) is 4.69. The monoisotopic (exact) mass is 429 g/mol. The lowest BCUT2D eigenvalue weighted by Crippen LogP contribution is -2.39. The van der Waals surface area contributed by atoms with E-state index in [1.54, 1.807) is 14.2 Å². The number of aliphatic hydroxyl groups excluding tert-OH is 1. The van der Waals surface area contributed by atoms with E-state index in [1.807, 2.05) is 50.2 Å². The van der Waals surface area contributed by atoms with Gasteiger partial charge in [-0.3, -0.25) is 0 Å². The van der Waals surface area contributed by atoms with Crippen LogP contribution < -0.4 is 20.1 Å². The van der Waals surface area contributed by atoms with Crippen molar-refractivity contribution in [2.45, 2.75) is 32.9 Å². The molecule has 0 aliphatic rings. The number of aliphatic hydroxyl groups is 1. The molecule has 2 aromatic rings. The molecule has 1 unspecified atom stereocenters. The molecule has 0 heterocycles. The zero-order chi connectivity index (χ0) is 22.5. The lowest BCUT2D eigenvalue weighted by molar-refractivity contribution is 0.172. The molecule has 2 aromatic carbocycles. The average molecular weight is 430 g/mol. The molecule has 0 saturated carbocycles. The summed E-state index contributed by atoms with van der Waals surface area (Å²) in [6.45, 7) is 6.85. The fourth-order valence-corrected chi connectivity index (χ4v) is 2.96. The zero-order valence-corrected chi connectivity index (χ0v) is 19.0. The maximum absolute atomic E-state index is 10.5. The van der Waals surface area contributed by atoms with Crippen LogP contribution in [0.5, 0.6) is 11.5 Å². The van der Waals surface area contributed by atoms with Crippen LogP contribution in [0.3, 0.4) is 0 Å². The molecule has 0 radical (unpaired) electrons. The van der Waals surface area contributed by atoms with Gasteiger partial charge in [-0.1, -0.05) is 24.3 Å². The van der Waals surface area contributed by atoms with Crippen LogP contribution in [0.4, 0.5) is 0 Å². The number of aryl methyl sites for hydroxylation is 1. The Morgan fingerprint density at radius 1 is 1.06 bits per heavy atom. The highest BCUT2D eigenvalue weighted by Crippen LogP contribution is 2.22. The summed E-state index contributed by atoms with van der Waals surface area (Å²) in [5, 5.41) is 16.9. The minimum atomic E-state index is -0.659. The number of nitrogens with zero attached hydrogens (tertiary/aromatic N) is 1. The van der Waals surface area contributed by atoms with Crippen LogP contribution in [0.1, 0.15) is 36.1 Å². The van der Waals surface area contributed by atoms with E-state index >= 15 is 0 Å². The van der Waals surface area contributed by atoms with Crippen LogP contribution in [0.25, 0.3) is 0 Å². The molecule has 0 amide bonds. The third-order valence-electron chi connectivity index (χ3n) is 4.69. The Morgan fingerprint density at radius 2 is 1.84 bits per heavy atom. The standard InChI is InChI=1S/C24H35N3O4/c1-5-25-24(27-17-22(28)19-9-11-21(30-4)12-10-19)26-16-20-8-7-18(2)15-23(20)31-14-6-13-29-3/h7-12,15,22,28H,5-6,13-14,16-17H2,1-4H3,(H2,25,26,27). The number of benzene rings is 2. The van der Waals surface area contributed by atoms with E-state index in [1.165, 1.54) is 0 Å². The normalized spacial score (nSPS) is 12.4. The molecule has 1 atom stereocenters. The predicted octanol–water partition coefficient (Wildman–Crippen LogP) is 3.21. The van der Waals surface area contributed by atoms with Crippen molar-refractivity contribution < 1.29 is 19.3 Å². The van der Waals surface area contributed by atoms with Crippen molar-refractivity contribution in [3.8, 4) is 11.5 Å². The first-order valence-corrected chi connectivity index (χ1v) is 10.6. The first-order valence-electron chi connectivity index (χ1n) is 10.6. The smallest absolute Gasteiger partial charge is 0.191 e. The predicted molar refractivity (Wildman–Crippen MR) is 124 cm³/mol. The Bertz CT molecular complexity index is 809. The molecule has 2 rings (SSSR count). The molecule has 0 fully saturated rings. The van der Waals surface area contributed by atoms with E-state index in [-0.39, 0.29) is 0 Å². The summed E-state index contributed by atoms with van der Waals surface area (Å²) in [5.74, 6) is 2.24. The van der Waals surface area contributed by atoms with Gasteiger partial charge in [0.05, 0.1) is 26.4 Å². The van der Waals surface area contributed by atoms with Crippen molar-refractivity contribution >= 4 is 5.96 Å². The van der Waals surface area contributed by atoms with E-state index in [0.717, 1.165) is 41.2 Å². The number of rotatable bonds is 12. The van der Waals surface area contributed by atoms with Crippen molar-refractivity contribution in [1.82, 2.24) is 10.6 Å². The van der Waals surface area contributed by atoms with E-state index < -0.39 is 6.10 Å². The fourth-order valence-electron chi connectivity index (χ4n) is 2.96. The average Bonchev–Trinajstić information content (AvgIpc) is 2.79. The van der Waals surface area contributed by atoms with E-state index in [4.69, 9.17) is 14.2 Å². The second kappa shape index (κ2) is 13.5. The van der Waals surface area contributed by atoms with Crippen LogP contribution in [0.2, 0.25) is 0 Å². The van der Waals surface area contributed by atoms with Gasteiger partial charge >= 0.3 is 0 Å². The Labute approximate surface area is 185 Å². The second-order valence-electron chi connectivity index (χ2n) is 7.17. The lowest BCUT2D eigenvalue weighted by Gasteiger charge is -2.16. The molecule has 0 saturated heterocycles. The van der Waals surface area contributed by atoms with Crippen LogP contribution >= 0.6 is 0 Å². The van der Waals surface area contributed by atoms with Crippen molar-refractivity contribution in [3.05, 3.63) is 59.2 Å². The van der Waals surface area contributed by atoms with Crippen LogP contribution in [-0.2, 0) is 11.3 Å². The van der Waals surface area contributed by atoms with Gasteiger partial charge in [-0.25, -0.2) is 4.99 Å². The first-order chi connectivity index (χ1) is 15.1. The topological polar surface area (TPSA) is 84.3 Å². The van der Waals surface area contributed by atoms with Crippen molar-refractivity contribution in [2.75, 3.05) is 40.5 Å². The SMILES string of the molecule is CCNC(=NCc1ccc(C)cc1OCCCOC)NCC(O)c1ccc(OC)cc1. The molecule has 31 heavy (non-hydrogen) atoms. The molecule has 0 spiro atoms. The van der Waals surface area contributed by atoms with Gasteiger partial charge in [0.25, 0.3) is 0 Å². The van der Waals surface area contributed by atoms with Gasteiger partial charge in [0, 0.05) is 38.8 Å². The number of nitrogens with one attached hydrogen (secondary N) is 2. The van der Waals surface area contributed by atoms with Crippen LogP contribution in [0.15, 0.2) is 47.5 Å². The first kappa shape index (κ1) is 24.5. The summed E-state index contributed by atoms with van der Waals surface area (Å²) in [4.78, 5) is 4.67. The number of aliphatic imine (C=N–C) groups is 1. The molecule has 7 nitrogen and oxygen atoms in total. The van der Waals surface area contributed by atoms with Gasteiger partial charge in [-0.2, -0.15) is 0 Å². The third kappa shape index (κ3) is 8.47. The molecule has 170 valence electrons. The molecule has 3 N–H and O–H groups in total. The van der Waals surface area contributed by atoms with E-state index in [9.17, 15) is 5.11 Å². The number of methoxy groups -OCH3 is 2. The van der Waals surface area contributed by atoms with E-state index in [2.05, 4.69) is 21.7 Å². The summed E-state index contributed by atoms with van der Waals surface area (Å²) in [6, 6.07) is 13.5. The number of ether oxygens (including phenoxy) is 3. The molecule has 0 aliphatic heterocycles. The Hall–Kier alpha value is -2.77. The number of hydrogen-bond donors (Lipinski definition) is 3. The molecular formula is C24H35N3O4.